The molecule has 2 aromatic carbocycles. The fraction of sp³-hybridized carbons (Fsp3) is 0.158. The standard InChI is InChI=1S/C19H17BrN2O2/c1-14(23)22-19(2,12-11-15-7-4-3-5-8-15)24-18(21-22)16-9-6-10-17(20)13-16/h3-13H,1-2H3/b12-11+. The van der Waals surface area contributed by atoms with Gasteiger partial charge in [-0.05, 0) is 29.8 Å². The first-order valence-electron chi connectivity index (χ1n) is 7.56. The Bertz CT molecular complexity index is 817. The lowest BCUT2D eigenvalue weighted by Crippen LogP contribution is -2.42. The summed E-state index contributed by atoms with van der Waals surface area (Å²) in [7, 11) is 0. The fourth-order valence-corrected chi connectivity index (χ4v) is 2.89. The van der Waals surface area contributed by atoms with Crippen LogP contribution in [0.15, 0.2) is 70.2 Å². The summed E-state index contributed by atoms with van der Waals surface area (Å²) in [5.74, 6) is 0.243. The van der Waals surface area contributed by atoms with Crippen molar-refractivity contribution in [2.75, 3.05) is 0 Å². The van der Waals surface area contributed by atoms with Crippen LogP contribution in [0.2, 0.25) is 0 Å². The second kappa shape index (κ2) is 6.61. The van der Waals surface area contributed by atoms with Crippen molar-refractivity contribution in [3.8, 4) is 0 Å². The molecule has 0 fully saturated rings. The van der Waals surface area contributed by atoms with Crippen molar-refractivity contribution in [3.05, 3.63) is 76.3 Å². The molecule has 1 aliphatic heterocycles. The molecule has 1 unspecified atom stereocenters. The minimum Gasteiger partial charge on any atom is -0.444 e. The molecule has 2 aromatic rings. The molecule has 4 nitrogen and oxygen atoms in total. The summed E-state index contributed by atoms with van der Waals surface area (Å²) in [5.41, 5.74) is 0.883. The molecule has 1 amide bonds. The highest BCUT2D eigenvalue weighted by atomic mass is 79.9. The Balaban J connectivity index is 1.91. The predicted molar refractivity (Wildman–Crippen MR) is 98.2 cm³/mol. The van der Waals surface area contributed by atoms with Crippen LogP contribution < -0.4 is 0 Å². The van der Waals surface area contributed by atoms with E-state index >= 15 is 0 Å². The Morgan fingerprint density at radius 2 is 1.96 bits per heavy atom. The normalized spacial score (nSPS) is 20.1. The number of ether oxygens (including phenoxy) is 1. The highest BCUT2D eigenvalue weighted by Gasteiger charge is 2.41. The van der Waals surface area contributed by atoms with E-state index in [4.69, 9.17) is 4.74 Å². The van der Waals surface area contributed by atoms with Crippen molar-refractivity contribution in [2.45, 2.75) is 19.6 Å². The number of carbonyl (C=O) groups excluding carboxylic acids is 1. The van der Waals surface area contributed by atoms with E-state index in [0.29, 0.717) is 5.90 Å². The molecule has 0 saturated carbocycles. The van der Waals surface area contributed by atoms with E-state index in [-0.39, 0.29) is 5.91 Å². The maximum Gasteiger partial charge on any atom is 0.243 e. The average Bonchev–Trinajstić information content (AvgIpc) is 2.93. The predicted octanol–water partition coefficient (Wildman–Crippen LogP) is 4.42. The zero-order chi connectivity index (χ0) is 17.2. The number of amides is 1. The molecular formula is C19H17BrN2O2. The number of carbonyl (C=O) groups is 1. The van der Waals surface area contributed by atoms with Crippen molar-refractivity contribution in [2.24, 2.45) is 5.10 Å². The van der Waals surface area contributed by atoms with Crippen molar-refractivity contribution in [1.82, 2.24) is 5.01 Å². The van der Waals surface area contributed by atoms with Crippen LogP contribution in [0.25, 0.3) is 6.08 Å². The number of rotatable bonds is 3. The summed E-state index contributed by atoms with van der Waals surface area (Å²) in [4.78, 5) is 12.0. The molecule has 0 N–H and O–H groups in total. The molecule has 0 saturated heterocycles. The van der Waals surface area contributed by atoms with Gasteiger partial charge in [-0.1, -0.05) is 58.4 Å². The lowest BCUT2D eigenvalue weighted by atomic mass is 10.1. The Morgan fingerprint density at radius 1 is 1.21 bits per heavy atom. The van der Waals surface area contributed by atoms with Gasteiger partial charge in [0.2, 0.25) is 17.5 Å². The van der Waals surface area contributed by atoms with Crippen LogP contribution in [0, 0.1) is 0 Å². The maximum absolute atomic E-state index is 12.0. The van der Waals surface area contributed by atoms with Crippen LogP contribution in [0.3, 0.4) is 0 Å². The molecule has 24 heavy (non-hydrogen) atoms. The second-order valence-corrected chi connectivity index (χ2v) is 6.56. The molecule has 3 rings (SSSR count). The van der Waals surface area contributed by atoms with Gasteiger partial charge < -0.3 is 4.74 Å². The zero-order valence-electron chi connectivity index (χ0n) is 13.4. The molecule has 0 spiro atoms. The Morgan fingerprint density at radius 3 is 2.62 bits per heavy atom. The van der Waals surface area contributed by atoms with Gasteiger partial charge in [-0.3, -0.25) is 4.79 Å². The van der Waals surface area contributed by atoms with Gasteiger partial charge in [0, 0.05) is 23.9 Å². The molecule has 0 radical (unpaired) electrons. The average molecular weight is 385 g/mol. The van der Waals surface area contributed by atoms with E-state index in [0.717, 1.165) is 15.6 Å². The largest absolute Gasteiger partial charge is 0.444 e. The maximum atomic E-state index is 12.0. The van der Waals surface area contributed by atoms with Gasteiger partial charge in [-0.25, -0.2) is 0 Å². The SMILES string of the molecule is CC(=O)N1N=C(c2cccc(Br)c2)OC1(C)/C=C/c1ccccc1. The summed E-state index contributed by atoms with van der Waals surface area (Å²) in [6.07, 6.45) is 3.77. The van der Waals surface area contributed by atoms with E-state index in [2.05, 4.69) is 21.0 Å². The molecular weight excluding hydrogens is 368 g/mol. The first kappa shape index (κ1) is 16.5. The van der Waals surface area contributed by atoms with Gasteiger partial charge in [-0.15, -0.1) is 5.10 Å². The van der Waals surface area contributed by atoms with Crippen molar-refractivity contribution in [3.63, 3.8) is 0 Å². The third-order valence-electron chi connectivity index (χ3n) is 3.67. The summed E-state index contributed by atoms with van der Waals surface area (Å²) in [5, 5.41) is 5.73. The van der Waals surface area contributed by atoms with Gasteiger partial charge in [0.15, 0.2) is 0 Å². The lowest BCUT2D eigenvalue weighted by Gasteiger charge is -2.27. The topological polar surface area (TPSA) is 41.9 Å². The van der Waals surface area contributed by atoms with Gasteiger partial charge in [0.05, 0.1) is 0 Å². The minimum atomic E-state index is -0.959. The first-order chi connectivity index (χ1) is 11.5. The number of benzene rings is 2. The molecule has 0 aromatic heterocycles. The molecule has 0 aliphatic carbocycles. The molecule has 1 aliphatic rings. The summed E-state index contributed by atoms with van der Waals surface area (Å²) >= 11 is 3.44. The van der Waals surface area contributed by atoms with Gasteiger partial charge in [0.1, 0.15) is 0 Å². The molecule has 1 heterocycles. The molecule has 1 atom stereocenters. The summed E-state index contributed by atoms with van der Waals surface area (Å²) < 4.78 is 6.96. The van der Waals surface area contributed by atoms with E-state index in [1.54, 1.807) is 0 Å². The Labute approximate surface area is 149 Å². The number of halogens is 1. The highest BCUT2D eigenvalue weighted by Crippen LogP contribution is 2.30. The third kappa shape index (κ3) is 3.41. The molecule has 122 valence electrons. The molecule has 5 heteroatoms. The van der Waals surface area contributed by atoms with Gasteiger partial charge in [0.25, 0.3) is 0 Å². The van der Waals surface area contributed by atoms with Gasteiger partial charge >= 0.3 is 0 Å². The zero-order valence-corrected chi connectivity index (χ0v) is 15.0. The summed E-state index contributed by atoms with van der Waals surface area (Å²) in [6.45, 7) is 3.30. The summed E-state index contributed by atoms with van der Waals surface area (Å²) in [6, 6.07) is 17.5. The minimum absolute atomic E-state index is 0.180. The lowest BCUT2D eigenvalue weighted by molar-refractivity contribution is -0.139. The Hall–Kier alpha value is -2.40. The van der Waals surface area contributed by atoms with Crippen LogP contribution in [0.5, 0.6) is 0 Å². The van der Waals surface area contributed by atoms with Crippen LogP contribution >= 0.6 is 15.9 Å². The quantitative estimate of drug-likeness (QED) is 0.785. The number of nitrogens with zero attached hydrogens (tertiary/aromatic N) is 2. The Kier molecular flexibility index (Phi) is 4.53. The molecule has 0 bridgehead atoms. The van der Waals surface area contributed by atoms with Crippen LogP contribution in [0.1, 0.15) is 25.0 Å². The van der Waals surface area contributed by atoms with Crippen LogP contribution in [0.4, 0.5) is 0 Å². The van der Waals surface area contributed by atoms with Crippen LogP contribution in [-0.4, -0.2) is 22.5 Å². The van der Waals surface area contributed by atoms with E-state index < -0.39 is 5.72 Å². The van der Waals surface area contributed by atoms with Gasteiger partial charge in [-0.2, -0.15) is 5.01 Å². The van der Waals surface area contributed by atoms with Crippen molar-refractivity contribution < 1.29 is 9.53 Å². The number of hydrogen-bond donors (Lipinski definition) is 0. The smallest absolute Gasteiger partial charge is 0.243 e. The monoisotopic (exact) mass is 384 g/mol. The number of hydrogen-bond acceptors (Lipinski definition) is 3. The van der Waals surface area contributed by atoms with Crippen molar-refractivity contribution in [1.29, 1.82) is 0 Å². The second-order valence-electron chi connectivity index (χ2n) is 5.65. The van der Waals surface area contributed by atoms with E-state index in [9.17, 15) is 4.79 Å². The fourth-order valence-electron chi connectivity index (χ4n) is 2.49. The third-order valence-corrected chi connectivity index (χ3v) is 4.16. The van der Waals surface area contributed by atoms with E-state index in [1.807, 2.05) is 73.7 Å². The van der Waals surface area contributed by atoms with Crippen LogP contribution in [-0.2, 0) is 9.53 Å². The first-order valence-corrected chi connectivity index (χ1v) is 8.36. The van der Waals surface area contributed by atoms with Crippen molar-refractivity contribution >= 4 is 33.8 Å². The van der Waals surface area contributed by atoms with E-state index in [1.165, 1.54) is 11.9 Å². The highest BCUT2D eigenvalue weighted by molar-refractivity contribution is 9.10. The number of hydrazone groups is 1.